The Hall–Kier alpha value is -3.36. The molecule has 3 aromatic carbocycles. The highest BCUT2D eigenvalue weighted by Gasteiger charge is 2.28. The number of nitrogens with zero attached hydrogens (tertiary/aromatic N) is 2. The maximum Gasteiger partial charge on any atom is 0.264 e. The Bertz CT molecular complexity index is 1310. The molecule has 1 aliphatic heterocycles. The molecule has 2 amide bonds. The predicted molar refractivity (Wildman–Crippen MR) is 134 cm³/mol. The summed E-state index contributed by atoms with van der Waals surface area (Å²) in [5.41, 5.74) is 2.27. The number of sulfonamides is 1. The van der Waals surface area contributed by atoms with Gasteiger partial charge in [0.05, 0.1) is 10.6 Å². The molecule has 176 valence electrons. The van der Waals surface area contributed by atoms with Crippen molar-refractivity contribution >= 4 is 50.5 Å². The number of rotatable bonds is 7. The van der Waals surface area contributed by atoms with Crippen LogP contribution >= 0.6 is 11.6 Å². The Morgan fingerprint density at radius 3 is 2.38 bits per heavy atom. The molecule has 0 bridgehead atoms. The average molecular weight is 498 g/mol. The second kappa shape index (κ2) is 9.87. The van der Waals surface area contributed by atoms with Gasteiger partial charge in [-0.1, -0.05) is 29.8 Å². The molecule has 0 radical (unpaired) electrons. The average Bonchev–Trinajstić information content (AvgIpc) is 3.25. The first-order valence-corrected chi connectivity index (χ1v) is 12.6. The first-order valence-electron chi connectivity index (χ1n) is 10.8. The Morgan fingerprint density at radius 2 is 1.76 bits per heavy atom. The SMILES string of the molecule is Cc1cc(Cl)ccc1N(CC(=O)Nc1ccc(N2CCCC2=O)cc1)S(=O)(=O)c1ccccc1. The molecule has 7 nitrogen and oxygen atoms in total. The zero-order valence-corrected chi connectivity index (χ0v) is 20.1. The number of nitrogens with one attached hydrogen (secondary N) is 1. The number of anilines is 3. The Balaban J connectivity index is 1.57. The first kappa shape index (κ1) is 23.8. The van der Waals surface area contributed by atoms with Gasteiger partial charge in [-0.3, -0.25) is 13.9 Å². The normalized spacial score (nSPS) is 13.7. The van der Waals surface area contributed by atoms with Crippen LogP contribution in [0.25, 0.3) is 0 Å². The van der Waals surface area contributed by atoms with Gasteiger partial charge in [0.1, 0.15) is 6.54 Å². The molecule has 1 aliphatic rings. The number of hydrogen-bond acceptors (Lipinski definition) is 4. The summed E-state index contributed by atoms with van der Waals surface area (Å²) < 4.78 is 28.0. The van der Waals surface area contributed by atoms with Crippen LogP contribution in [0.15, 0.2) is 77.7 Å². The number of halogens is 1. The van der Waals surface area contributed by atoms with Gasteiger partial charge in [0.2, 0.25) is 11.8 Å². The summed E-state index contributed by atoms with van der Waals surface area (Å²) in [5.74, 6) is -0.421. The van der Waals surface area contributed by atoms with Crippen molar-refractivity contribution in [3.8, 4) is 0 Å². The largest absolute Gasteiger partial charge is 0.325 e. The van der Waals surface area contributed by atoms with Crippen LogP contribution in [0.2, 0.25) is 5.02 Å². The summed E-state index contributed by atoms with van der Waals surface area (Å²) in [6.45, 7) is 1.99. The lowest BCUT2D eigenvalue weighted by Crippen LogP contribution is -2.38. The van der Waals surface area contributed by atoms with E-state index in [0.717, 1.165) is 16.4 Å². The summed E-state index contributed by atoms with van der Waals surface area (Å²) in [7, 11) is -4.02. The molecule has 0 saturated carbocycles. The molecule has 4 rings (SSSR count). The molecule has 1 heterocycles. The van der Waals surface area contributed by atoms with E-state index in [-0.39, 0.29) is 10.8 Å². The lowest BCUT2D eigenvalue weighted by atomic mass is 10.2. The molecule has 0 unspecified atom stereocenters. The molecule has 1 N–H and O–H groups in total. The smallest absolute Gasteiger partial charge is 0.264 e. The second-order valence-electron chi connectivity index (χ2n) is 8.00. The molecular formula is C25H24ClN3O4S. The third-order valence-corrected chi connectivity index (χ3v) is 7.59. The van der Waals surface area contributed by atoms with Crippen molar-refractivity contribution in [2.24, 2.45) is 0 Å². The van der Waals surface area contributed by atoms with Crippen LogP contribution < -0.4 is 14.5 Å². The van der Waals surface area contributed by atoms with Gasteiger partial charge in [-0.05, 0) is 73.5 Å². The molecule has 0 aliphatic carbocycles. The van der Waals surface area contributed by atoms with Crippen molar-refractivity contribution < 1.29 is 18.0 Å². The van der Waals surface area contributed by atoms with Crippen LogP contribution in [0.4, 0.5) is 17.1 Å². The Labute approximate surface area is 204 Å². The summed E-state index contributed by atoms with van der Waals surface area (Å²) in [6.07, 6.45) is 1.36. The van der Waals surface area contributed by atoms with Crippen molar-refractivity contribution in [1.82, 2.24) is 0 Å². The van der Waals surface area contributed by atoms with Gasteiger partial charge in [0.25, 0.3) is 10.0 Å². The summed E-state index contributed by atoms with van der Waals surface area (Å²) in [6, 6.07) is 19.7. The lowest BCUT2D eigenvalue weighted by molar-refractivity contribution is -0.117. The highest BCUT2D eigenvalue weighted by Crippen LogP contribution is 2.29. The minimum atomic E-state index is -4.02. The monoisotopic (exact) mass is 497 g/mol. The first-order chi connectivity index (χ1) is 16.3. The minimum Gasteiger partial charge on any atom is -0.325 e. The number of benzene rings is 3. The van der Waals surface area contributed by atoms with E-state index in [1.807, 2.05) is 0 Å². The van der Waals surface area contributed by atoms with Crippen LogP contribution in [0.5, 0.6) is 0 Å². The minimum absolute atomic E-state index is 0.0804. The predicted octanol–water partition coefficient (Wildman–Crippen LogP) is 4.61. The second-order valence-corrected chi connectivity index (χ2v) is 10.3. The summed E-state index contributed by atoms with van der Waals surface area (Å²) >= 11 is 6.06. The van der Waals surface area contributed by atoms with Gasteiger partial charge < -0.3 is 10.2 Å². The highest BCUT2D eigenvalue weighted by molar-refractivity contribution is 7.92. The molecule has 0 atom stereocenters. The maximum absolute atomic E-state index is 13.5. The van der Waals surface area contributed by atoms with Crippen LogP contribution in [0.1, 0.15) is 18.4 Å². The van der Waals surface area contributed by atoms with E-state index in [1.54, 1.807) is 72.5 Å². The van der Waals surface area contributed by atoms with Crippen molar-refractivity contribution in [3.05, 3.63) is 83.4 Å². The van der Waals surface area contributed by atoms with Crippen LogP contribution in [0, 0.1) is 6.92 Å². The Kier molecular flexibility index (Phi) is 6.90. The van der Waals surface area contributed by atoms with Crippen LogP contribution in [-0.2, 0) is 19.6 Å². The van der Waals surface area contributed by atoms with E-state index in [4.69, 9.17) is 11.6 Å². The molecule has 0 aromatic heterocycles. The molecular weight excluding hydrogens is 474 g/mol. The van der Waals surface area contributed by atoms with Gasteiger partial charge in [-0.2, -0.15) is 0 Å². The number of carbonyl (C=O) groups is 2. The fourth-order valence-corrected chi connectivity index (χ4v) is 5.63. The van der Waals surface area contributed by atoms with Gasteiger partial charge in [-0.25, -0.2) is 8.42 Å². The third kappa shape index (κ3) is 5.08. The van der Waals surface area contributed by atoms with Gasteiger partial charge in [0.15, 0.2) is 0 Å². The summed E-state index contributed by atoms with van der Waals surface area (Å²) in [4.78, 5) is 26.7. The topological polar surface area (TPSA) is 86.8 Å². The number of carbonyl (C=O) groups excluding carboxylic acids is 2. The number of hydrogen-bond donors (Lipinski definition) is 1. The molecule has 9 heteroatoms. The van der Waals surface area contributed by atoms with Gasteiger partial charge in [-0.15, -0.1) is 0 Å². The quantitative estimate of drug-likeness (QED) is 0.516. The van der Waals surface area contributed by atoms with Crippen molar-refractivity contribution in [2.45, 2.75) is 24.7 Å². The lowest BCUT2D eigenvalue weighted by Gasteiger charge is -2.26. The third-order valence-electron chi connectivity index (χ3n) is 5.58. The zero-order valence-electron chi connectivity index (χ0n) is 18.6. The van der Waals surface area contributed by atoms with Crippen LogP contribution in [0.3, 0.4) is 0 Å². The van der Waals surface area contributed by atoms with Crippen molar-refractivity contribution in [1.29, 1.82) is 0 Å². The van der Waals surface area contributed by atoms with E-state index in [9.17, 15) is 18.0 Å². The molecule has 34 heavy (non-hydrogen) atoms. The van der Waals surface area contributed by atoms with Gasteiger partial charge in [0, 0.05) is 29.4 Å². The zero-order chi connectivity index (χ0) is 24.3. The molecule has 1 saturated heterocycles. The fraction of sp³-hybridized carbons (Fsp3) is 0.200. The van der Waals surface area contributed by atoms with Crippen LogP contribution in [-0.4, -0.2) is 33.3 Å². The maximum atomic E-state index is 13.5. The molecule has 0 spiro atoms. The Morgan fingerprint density at radius 1 is 1.06 bits per heavy atom. The van der Waals surface area contributed by atoms with E-state index in [2.05, 4.69) is 5.32 Å². The van der Waals surface area contributed by atoms with E-state index in [1.165, 1.54) is 12.1 Å². The highest BCUT2D eigenvalue weighted by atomic mass is 35.5. The fourth-order valence-electron chi connectivity index (χ4n) is 3.89. The van der Waals surface area contributed by atoms with Crippen molar-refractivity contribution in [3.63, 3.8) is 0 Å². The summed E-state index contributed by atoms with van der Waals surface area (Å²) in [5, 5.41) is 3.22. The van der Waals surface area contributed by atoms with Crippen molar-refractivity contribution in [2.75, 3.05) is 27.6 Å². The van der Waals surface area contributed by atoms with Gasteiger partial charge >= 0.3 is 0 Å². The molecule has 3 aromatic rings. The van der Waals surface area contributed by atoms with E-state index >= 15 is 0 Å². The van der Waals surface area contributed by atoms with E-state index in [0.29, 0.717) is 34.9 Å². The number of aryl methyl sites for hydroxylation is 1. The number of amides is 2. The van der Waals surface area contributed by atoms with E-state index < -0.39 is 22.5 Å². The standard InChI is InChI=1S/C25H24ClN3O4S/c1-18-16-19(26)9-14-23(18)29(34(32,33)22-6-3-2-4-7-22)17-24(30)27-20-10-12-21(13-11-20)28-15-5-8-25(28)31/h2-4,6-7,9-14,16H,5,8,15,17H2,1H3,(H,27,30). The molecule has 1 fully saturated rings.